The molecule has 9 heteroatoms. The van der Waals surface area contributed by atoms with Gasteiger partial charge < -0.3 is 5.32 Å². The van der Waals surface area contributed by atoms with Crippen LogP contribution in [0.25, 0.3) is 0 Å². The van der Waals surface area contributed by atoms with Gasteiger partial charge in [-0.1, -0.05) is 36.8 Å². The molecule has 0 saturated carbocycles. The molecular weight excluding hydrogens is 448 g/mol. The van der Waals surface area contributed by atoms with Crippen LogP contribution < -0.4 is 5.32 Å². The molecule has 2 aromatic carbocycles. The van der Waals surface area contributed by atoms with Gasteiger partial charge in [-0.25, -0.2) is 16.8 Å². The highest BCUT2D eigenvalue weighted by Crippen LogP contribution is 2.26. The van der Waals surface area contributed by atoms with E-state index in [4.69, 9.17) is 0 Å². The van der Waals surface area contributed by atoms with Crippen LogP contribution >= 0.6 is 0 Å². The zero-order valence-corrected chi connectivity index (χ0v) is 20.2. The lowest BCUT2D eigenvalue weighted by molar-refractivity contribution is -0.126. The molecule has 0 unspecified atom stereocenters. The highest BCUT2D eigenvalue weighted by atomic mass is 32.2. The first-order valence-electron chi connectivity index (χ1n) is 10.7. The number of sulfone groups is 1. The molecule has 0 aromatic heterocycles. The van der Waals surface area contributed by atoms with E-state index < -0.39 is 25.8 Å². The van der Waals surface area contributed by atoms with Crippen LogP contribution in [0.5, 0.6) is 0 Å². The quantitative estimate of drug-likeness (QED) is 0.659. The zero-order chi connectivity index (χ0) is 23.5. The van der Waals surface area contributed by atoms with Crippen molar-refractivity contribution in [2.24, 2.45) is 5.92 Å². The molecule has 0 bridgehead atoms. The summed E-state index contributed by atoms with van der Waals surface area (Å²) in [5, 5.41) is 3.02. The fraction of sp³-hybridized carbons (Fsp3) is 0.435. The number of benzene rings is 2. The van der Waals surface area contributed by atoms with Crippen molar-refractivity contribution in [3.05, 3.63) is 59.7 Å². The summed E-state index contributed by atoms with van der Waals surface area (Å²) in [5.74, 6) is -0.624. The van der Waals surface area contributed by atoms with Gasteiger partial charge in [0, 0.05) is 19.3 Å². The second-order valence-electron chi connectivity index (χ2n) is 8.33. The number of nitrogens with one attached hydrogen (secondary N) is 1. The Morgan fingerprint density at radius 2 is 1.62 bits per heavy atom. The number of carbonyl (C=O) groups excluding carboxylic acids is 1. The first-order valence-corrected chi connectivity index (χ1v) is 14.0. The maximum Gasteiger partial charge on any atom is 0.243 e. The van der Waals surface area contributed by atoms with Crippen LogP contribution in [0.3, 0.4) is 0 Å². The number of nitrogens with zero attached hydrogens (tertiary/aromatic N) is 1. The van der Waals surface area contributed by atoms with Gasteiger partial charge in [0.1, 0.15) is 0 Å². The minimum absolute atomic E-state index is 0.144. The molecule has 1 N–H and O–H groups in total. The molecule has 1 fully saturated rings. The van der Waals surface area contributed by atoms with Crippen molar-refractivity contribution in [2.45, 2.75) is 48.9 Å². The summed E-state index contributed by atoms with van der Waals surface area (Å²) in [7, 11) is -6.94. The summed E-state index contributed by atoms with van der Waals surface area (Å²) in [6.45, 7) is 4.37. The van der Waals surface area contributed by atoms with Crippen LogP contribution in [0.15, 0.2) is 58.3 Å². The molecule has 1 heterocycles. The Bertz CT molecular complexity index is 1160. The third kappa shape index (κ3) is 5.57. The number of hydrogen-bond donors (Lipinski definition) is 1. The van der Waals surface area contributed by atoms with Gasteiger partial charge in [0.25, 0.3) is 0 Å². The lowest BCUT2D eigenvalue weighted by atomic mass is 9.97. The smallest absolute Gasteiger partial charge is 0.243 e. The fourth-order valence-corrected chi connectivity index (χ4v) is 6.05. The summed E-state index contributed by atoms with van der Waals surface area (Å²) in [4.78, 5) is 13.5. The predicted molar refractivity (Wildman–Crippen MR) is 123 cm³/mol. The first-order chi connectivity index (χ1) is 15.0. The minimum atomic E-state index is -3.65. The van der Waals surface area contributed by atoms with Crippen molar-refractivity contribution in [1.29, 1.82) is 0 Å². The van der Waals surface area contributed by atoms with Crippen molar-refractivity contribution in [2.75, 3.05) is 19.3 Å². The minimum Gasteiger partial charge on any atom is -0.349 e. The average Bonchev–Trinajstić information content (AvgIpc) is 2.77. The monoisotopic (exact) mass is 478 g/mol. The molecular formula is C23H30N2O5S2. The third-order valence-corrected chi connectivity index (χ3v) is 8.86. The lowest BCUT2D eigenvalue weighted by Gasteiger charge is -2.32. The number of rotatable bonds is 7. The van der Waals surface area contributed by atoms with Crippen molar-refractivity contribution >= 4 is 25.8 Å². The second kappa shape index (κ2) is 9.72. The van der Waals surface area contributed by atoms with E-state index in [2.05, 4.69) is 5.32 Å². The summed E-state index contributed by atoms with van der Waals surface area (Å²) in [6.07, 6.45) is 3.01. The van der Waals surface area contributed by atoms with Crippen LogP contribution in [-0.2, 0) is 24.7 Å². The molecule has 32 heavy (non-hydrogen) atoms. The Hall–Kier alpha value is -2.23. The van der Waals surface area contributed by atoms with E-state index in [1.807, 2.05) is 13.8 Å². The van der Waals surface area contributed by atoms with Gasteiger partial charge in [-0.2, -0.15) is 4.31 Å². The highest BCUT2D eigenvalue weighted by Gasteiger charge is 2.34. The molecule has 1 aliphatic heterocycles. The summed E-state index contributed by atoms with van der Waals surface area (Å²) in [5.41, 5.74) is 1.79. The van der Waals surface area contributed by atoms with Crippen LogP contribution in [0.4, 0.5) is 0 Å². The normalized spacial score (nSPS) is 18.8. The van der Waals surface area contributed by atoms with Crippen LogP contribution in [0, 0.1) is 12.8 Å². The highest BCUT2D eigenvalue weighted by molar-refractivity contribution is 7.90. The van der Waals surface area contributed by atoms with Crippen molar-refractivity contribution in [3.8, 4) is 0 Å². The van der Waals surface area contributed by atoms with Gasteiger partial charge in [0.05, 0.1) is 21.8 Å². The molecule has 3 rings (SSSR count). The zero-order valence-electron chi connectivity index (χ0n) is 18.6. The van der Waals surface area contributed by atoms with Gasteiger partial charge in [0.2, 0.25) is 15.9 Å². The van der Waals surface area contributed by atoms with E-state index in [0.29, 0.717) is 25.8 Å². The van der Waals surface area contributed by atoms with E-state index >= 15 is 0 Å². The molecule has 1 amide bonds. The maximum absolute atomic E-state index is 13.0. The molecule has 7 nitrogen and oxygen atoms in total. The number of sulfonamides is 1. The largest absolute Gasteiger partial charge is 0.349 e. The molecule has 1 aliphatic rings. The number of amides is 1. The molecule has 0 radical (unpaired) electrons. The van der Waals surface area contributed by atoms with Gasteiger partial charge in [-0.15, -0.1) is 0 Å². The van der Waals surface area contributed by atoms with E-state index in [0.717, 1.165) is 17.4 Å². The average molecular weight is 479 g/mol. The van der Waals surface area contributed by atoms with Crippen molar-refractivity contribution in [3.63, 3.8) is 0 Å². The van der Waals surface area contributed by atoms with Gasteiger partial charge in [0.15, 0.2) is 9.84 Å². The van der Waals surface area contributed by atoms with E-state index in [9.17, 15) is 21.6 Å². The number of carbonyl (C=O) groups is 1. The molecule has 1 saturated heterocycles. The summed E-state index contributed by atoms with van der Waals surface area (Å²) >= 11 is 0. The van der Waals surface area contributed by atoms with Gasteiger partial charge >= 0.3 is 0 Å². The van der Waals surface area contributed by atoms with Gasteiger partial charge in [-0.05, 0) is 56.0 Å². The van der Waals surface area contributed by atoms with E-state index in [-0.39, 0.29) is 28.3 Å². The van der Waals surface area contributed by atoms with Crippen LogP contribution in [0.2, 0.25) is 0 Å². The summed E-state index contributed by atoms with van der Waals surface area (Å²) < 4.78 is 50.8. The Balaban J connectivity index is 1.70. The standard InChI is InChI=1S/C23H30N2O5S2/c1-4-22(18-9-13-20(14-10-18)31(3,27)28)24-23(26)19-6-5-15-25(16-19)32(29,30)21-11-7-17(2)8-12-21/h7-14,19,22H,4-6,15-16H2,1-3H3,(H,24,26)/t19-,22-/m0/s1. The first kappa shape index (κ1) is 24.4. The topological polar surface area (TPSA) is 101 Å². The molecule has 2 aromatic rings. The fourth-order valence-electron chi connectivity index (χ4n) is 3.89. The molecule has 0 aliphatic carbocycles. The lowest BCUT2D eigenvalue weighted by Crippen LogP contribution is -2.46. The number of hydrogen-bond acceptors (Lipinski definition) is 5. The number of piperidine rings is 1. The Labute approximate surface area is 190 Å². The second-order valence-corrected chi connectivity index (χ2v) is 12.3. The van der Waals surface area contributed by atoms with Gasteiger partial charge in [-0.3, -0.25) is 4.79 Å². The van der Waals surface area contributed by atoms with Crippen LogP contribution in [-0.4, -0.2) is 46.4 Å². The SMILES string of the molecule is CC[C@H](NC(=O)[C@H]1CCCN(S(=O)(=O)c2ccc(C)cc2)C1)c1ccc(S(C)(=O)=O)cc1. The Morgan fingerprint density at radius 1 is 1.03 bits per heavy atom. The van der Waals surface area contributed by atoms with E-state index in [1.54, 1.807) is 36.4 Å². The number of aryl methyl sites for hydroxylation is 1. The molecule has 0 spiro atoms. The van der Waals surface area contributed by atoms with E-state index in [1.165, 1.54) is 16.4 Å². The summed E-state index contributed by atoms with van der Waals surface area (Å²) in [6, 6.07) is 12.9. The molecule has 2 atom stereocenters. The molecule has 174 valence electrons. The maximum atomic E-state index is 13.0. The predicted octanol–water partition coefficient (Wildman–Crippen LogP) is 3.07. The Morgan fingerprint density at radius 3 is 2.19 bits per heavy atom. The third-order valence-electron chi connectivity index (χ3n) is 5.85. The van der Waals surface area contributed by atoms with Crippen molar-refractivity contribution < 1.29 is 21.6 Å². The van der Waals surface area contributed by atoms with Crippen molar-refractivity contribution in [1.82, 2.24) is 9.62 Å². The Kier molecular flexibility index (Phi) is 7.42. The van der Waals surface area contributed by atoms with Crippen LogP contribution in [0.1, 0.15) is 43.4 Å².